The van der Waals surface area contributed by atoms with Crippen molar-refractivity contribution in [3.05, 3.63) is 71.5 Å². The Bertz CT molecular complexity index is 1250. The molecule has 0 saturated carbocycles. The minimum atomic E-state index is -0.628. The highest BCUT2D eigenvalue weighted by atomic mass is 16.1. The van der Waals surface area contributed by atoms with E-state index in [1.54, 1.807) is 0 Å². The van der Waals surface area contributed by atoms with Crippen LogP contribution in [0, 0.1) is 0 Å². The molecule has 1 aliphatic heterocycles. The van der Waals surface area contributed by atoms with Crippen LogP contribution in [0.25, 0.3) is 22.2 Å². The van der Waals surface area contributed by atoms with Gasteiger partial charge in [0.05, 0.1) is 11.4 Å². The van der Waals surface area contributed by atoms with Crippen LogP contribution in [-0.2, 0) is 0 Å². The molecule has 2 aromatic heterocycles. The highest BCUT2D eigenvalue weighted by molar-refractivity contribution is 6.25. The lowest BCUT2D eigenvalue weighted by molar-refractivity contribution is 0.0995. The van der Waals surface area contributed by atoms with Crippen molar-refractivity contribution in [3.8, 4) is 11.1 Å². The number of aromatic nitrogens is 3. The number of anilines is 1. The summed E-state index contributed by atoms with van der Waals surface area (Å²) in [6, 6.07) is 15.1. The molecule has 4 aromatic rings. The molecule has 3 heterocycles. The van der Waals surface area contributed by atoms with Crippen molar-refractivity contribution >= 4 is 34.0 Å². The number of carbonyl (C=O) groups is 1. The quantitative estimate of drug-likeness (QED) is 0.422. The molecule has 0 atom stereocenters. The Balaban J connectivity index is 1.94. The van der Waals surface area contributed by atoms with Gasteiger partial charge in [-0.2, -0.15) is 0 Å². The highest BCUT2D eigenvalue weighted by Crippen LogP contribution is 2.41. The van der Waals surface area contributed by atoms with Gasteiger partial charge in [0.25, 0.3) is 5.91 Å². The fourth-order valence-electron chi connectivity index (χ4n) is 3.46. The smallest absolute Gasteiger partial charge is 0.269 e. The van der Waals surface area contributed by atoms with Crippen molar-refractivity contribution in [2.24, 2.45) is 10.7 Å². The Hall–Kier alpha value is -4.00. The molecular weight excluding hydrogens is 340 g/mol. The summed E-state index contributed by atoms with van der Waals surface area (Å²) in [4.78, 5) is 20.1. The van der Waals surface area contributed by atoms with Crippen LogP contribution in [0.15, 0.2) is 59.7 Å². The van der Waals surface area contributed by atoms with E-state index < -0.39 is 5.91 Å². The summed E-state index contributed by atoms with van der Waals surface area (Å²) in [7, 11) is 0. The fraction of sp³-hybridized carbons (Fsp3) is 0. The van der Waals surface area contributed by atoms with Crippen LogP contribution in [0.3, 0.4) is 0 Å². The van der Waals surface area contributed by atoms with Crippen LogP contribution in [0.5, 0.6) is 0 Å². The first kappa shape index (κ1) is 15.3. The number of nitrogen functional groups attached to an aromatic ring is 1. The lowest BCUT2D eigenvalue weighted by Crippen LogP contribution is -2.16. The minimum absolute atomic E-state index is 0.129. The van der Waals surface area contributed by atoms with Crippen LogP contribution >= 0.6 is 0 Å². The standard InChI is InChI=1S/C20H14N6O/c21-11-7-5-10(6-8-11)17-13-9-23-20-16(13)15(18(19(22)27)25-26-20)12-3-1-2-4-14(12)24-17/h1-9H,21H2,(H2,22,27)(H,23,26). The van der Waals surface area contributed by atoms with E-state index in [-0.39, 0.29) is 5.69 Å². The van der Waals surface area contributed by atoms with Crippen LogP contribution < -0.4 is 11.5 Å². The SMILES string of the molecule is NC(=O)c1nnc2[nH]cc3c2c1-c1ccccc1N=C3c1ccc(N)cc1. The van der Waals surface area contributed by atoms with E-state index in [9.17, 15) is 4.79 Å². The number of primary amides is 1. The Morgan fingerprint density at radius 3 is 2.52 bits per heavy atom. The Morgan fingerprint density at radius 1 is 0.963 bits per heavy atom. The number of nitrogens with one attached hydrogen (secondary N) is 1. The summed E-state index contributed by atoms with van der Waals surface area (Å²) >= 11 is 0. The average molecular weight is 354 g/mol. The number of aliphatic imine (C=N–C) groups is 1. The second-order valence-electron chi connectivity index (χ2n) is 6.31. The van der Waals surface area contributed by atoms with Gasteiger partial charge in [0.2, 0.25) is 0 Å². The van der Waals surface area contributed by atoms with E-state index in [4.69, 9.17) is 16.5 Å². The number of nitrogens with two attached hydrogens (primary N) is 2. The summed E-state index contributed by atoms with van der Waals surface area (Å²) in [6.45, 7) is 0. The molecule has 130 valence electrons. The number of fused-ring (bicyclic) bond motifs is 2. The number of rotatable bonds is 2. The molecule has 7 heteroatoms. The topological polar surface area (TPSA) is 123 Å². The van der Waals surface area contributed by atoms with E-state index >= 15 is 0 Å². The van der Waals surface area contributed by atoms with Crippen LogP contribution in [-0.4, -0.2) is 26.8 Å². The summed E-state index contributed by atoms with van der Waals surface area (Å²) in [5, 5.41) is 8.97. The van der Waals surface area contributed by atoms with Crippen LogP contribution in [0.4, 0.5) is 11.4 Å². The molecule has 0 aliphatic carbocycles. The van der Waals surface area contributed by atoms with Gasteiger partial charge in [0, 0.05) is 39.5 Å². The number of aromatic amines is 1. The summed E-state index contributed by atoms with van der Waals surface area (Å²) in [5.74, 6) is -0.628. The van der Waals surface area contributed by atoms with E-state index in [0.29, 0.717) is 16.9 Å². The average Bonchev–Trinajstić information content (AvgIpc) is 3.04. The van der Waals surface area contributed by atoms with Gasteiger partial charge in [-0.1, -0.05) is 30.3 Å². The zero-order valence-corrected chi connectivity index (χ0v) is 14.1. The van der Waals surface area contributed by atoms with Gasteiger partial charge in [-0.25, -0.2) is 4.99 Å². The largest absolute Gasteiger partial charge is 0.399 e. The molecule has 0 radical (unpaired) electrons. The second kappa shape index (κ2) is 5.50. The van der Waals surface area contributed by atoms with Crippen LogP contribution in [0.1, 0.15) is 21.6 Å². The van der Waals surface area contributed by atoms with E-state index in [2.05, 4.69) is 15.2 Å². The first-order chi connectivity index (χ1) is 13.1. The first-order valence-electron chi connectivity index (χ1n) is 8.35. The van der Waals surface area contributed by atoms with Gasteiger partial charge in [0.1, 0.15) is 0 Å². The van der Waals surface area contributed by atoms with Gasteiger partial charge in [0.15, 0.2) is 11.3 Å². The maximum absolute atomic E-state index is 12.1. The predicted octanol–water partition coefficient (Wildman–Crippen LogP) is 2.79. The maximum Gasteiger partial charge on any atom is 0.269 e. The molecule has 5 N–H and O–H groups in total. The molecule has 2 aromatic carbocycles. The van der Waals surface area contributed by atoms with Gasteiger partial charge in [-0.15, -0.1) is 10.2 Å². The van der Waals surface area contributed by atoms with Gasteiger partial charge in [-0.05, 0) is 18.2 Å². The van der Waals surface area contributed by atoms with Gasteiger partial charge >= 0.3 is 0 Å². The molecule has 0 saturated heterocycles. The third-order valence-electron chi connectivity index (χ3n) is 4.67. The number of amides is 1. The molecule has 0 spiro atoms. The second-order valence-corrected chi connectivity index (χ2v) is 6.31. The van der Waals surface area contributed by atoms with Crippen molar-refractivity contribution in [1.29, 1.82) is 0 Å². The molecule has 0 unspecified atom stereocenters. The molecule has 7 nitrogen and oxygen atoms in total. The summed E-state index contributed by atoms with van der Waals surface area (Å²) in [5.41, 5.74) is 17.5. The Labute approximate surface area is 153 Å². The molecule has 5 rings (SSSR count). The van der Waals surface area contributed by atoms with E-state index in [1.807, 2.05) is 54.7 Å². The monoisotopic (exact) mass is 354 g/mol. The van der Waals surface area contributed by atoms with E-state index in [0.717, 1.165) is 33.5 Å². The Kier molecular flexibility index (Phi) is 3.11. The van der Waals surface area contributed by atoms with E-state index in [1.165, 1.54) is 0 Å². The third-order valence-corrected chi connectivity index (χ3v) is 4.67. The molecule has 0 fully saturated rings. The zero-order chi connectivity index (χ0) is 18.5. The van der Waals surface area contributed by atoms with Crippen molar-refractivity contribution in [1.82, 2.24) is 15.2 Å². The van der Waals surface area contributed by atoms with Crippen LogP contribution in [0.2, 0.25) is 0 Å². The summed E-state index contributed by atoms with van der Waals surface area (Å²) < 4.78 is 0. The molecule has 27 heavy (non-hydrogen) atoms. The normalized spacial score (nSPS) is 12.4. The molecule has 1 amide bonds. The lowest BCUT2D eigenvalue weighted by Gasteiger charge is -2.08. The number of H-pyrrole nitrogens is 1. The number of hydrogen-bond acceptors (Lipinski definition) is 5. The van der Waals surface area contributed by atoms with Gasteiger partial charge in [-0.3, -0.25) is 4.79 Å². The fourth-order valence-corrected chi connectivity index (χ4v) is 3.46. The highest BCUT2D eigenvalue weighted by Gasteiger charge is 2.27. The number of carbonyl (C=O) groups excluding carboxylic acids is 1. The minimum Gasteiger partial charge on any atom is -0.399 e. The molecule has 0 bridgehead atoms. The van der Waals surface area contributed by atoms with Gasteiger partial charge < -0.3 is 16.5 Å². The lowest BCUT2D eigenvalue weighted by atomic mass is 9.96. The Morgan fingerprint density at radius 2 is 1.74 bits per heavy atom. The van der Waals surface area contributed by atoms with Crippen molar-refractivity contribution in [2.45, 2.75) is 0 Å². The predicted molar refractivity (Wildman–Crippen MR) is 104 cm³/mol. The van der Waals surface area contributed by atoms with Crippen molar-refractivity contribution < 1.29 is 4.79 Å². The maximum atomic E-state index is 12.1. The number of para-hydroxylation sites is 1. The molecular formula is C20H14N6O. The molecule has 1 aliphatic rings. The van der Waals surface area contributed by atoms with Crippen molar-refractivity contribution in [3.63, 3.8) is 0 Å². The zero-order valence-electron chi connectivity index (χ0n) is 14.1. The number of nitrogens with zero attached hydrogens (tertiary/aromatic N) is 3. The first-order valence-corrected chi connectivity index (χ1v) is 8.35. The number of benzene rings is 2. The summed E-state index contributed by atoms with van der Waals surface area (Å²) in [6.07, 6.45) is 1.83. The third kappa shape index (κ3) is 2.22. The number of hydrogen-bond donors (Lipinski definition) is 3. The van der Waals surface area contributed by atoms with Crippen molar-refractivity contribution in [2.75, 3.05) is 5.73 Å².